The smallest absolute Gasteiger partial charge is 0.248 e. The quantitative estimate of drug-likeness (QED) is 0.314. The van der Waals surface area contributed by atoms with Crippen molar-refractivity contribution in [1.29, 1.82) is 0 Å². The van der Waals surface area contributed by atoms with Crippen molar-refractivity contribution in [2.45, 2.75) is 18.9 Å². The molecule has 0 radical (unpaired) electrons. The van der Waals surface area contributed by atoms with E-state index >= 15 is 0 Å². The summed E-state index contributed by atoms with van der Waals surface area (Å²) in [6.45, 7) is 3.04. The number of amides is 1. The predicted octanol–water partition coefficient (Wildman–Crippen LogP) is 4.80. The first-order chi connectivity index (χ1) is 18.4. The summed E-state index contributed by atoms with van der Waals surface area (Å²) in [7, 11) is 3.60. The number of likely N-dealkylation sites (N-methyl/N-ethyl adjacent to an activating group) is 1. The first-order valence-electron chi connectivity index (χ1n) is 12.3. The highest BCUT2D eigenvalue weighted by Crippen LogP contribution is 2.34. The van der Waals surface area contributed by atoms with Crippen molar-refractivity contribution < 1.29 is 23.4 Å². The molecular weight excluding hydrogens is 513 g/mol. The second-order valence-corrected chi connectivity index (χ2v) is 9.34. The molecule has 9 nitrogen and oxygen atoms in total. The van der Waals surface area contributed by atoms with E-state index in [0.29, 0.717) is 60.2 Å². The van der Waals surface area contributed by atoms with E-state index in [4.69, 9.17) is 25.8 Å². The molecule has 1 atom stereocenters. The number of nitrogens with one attached hydrogen (secondary N) is 2. The normalized spacial score (nSPS) is 15.4. The Hall–Kier alpha value is -3.31. The van der Waals surface area contributed by atoms with Gasteiger partial charge in [-0.1, -0.05) is 17.7 Å². The lowest BCUT2D eigenvalue weighted by molar-refractivity contribution is -0.111. The van der Waals surface area contributed by atoms with Crippen molar-refractivity contribution in [2.24, 2.45) is 0 Å². The fraction of sp³-hybridized carbons (Fsp3) is 0.370. The minimum Gasteiger partial charge on any atom is -0.489 e. The molecule has 0 spiro atoms. The van der Waals surface area contributed by atoms with Crippen molar-refractivity contribution in [3.63, 3.8) is 0 Å². The second kappa shape index (κ2) is 13.5. The number of carbonyl (C=O) groups is 1. The molecule has 11 heteroatoms. The fourth-order valence-corrected chi connectivity index (χ4v) is 4.10. The van der Waals surface area contributed by atoms with Crippen LogP contribution in [0.3, 0.4) is 0 Å². The Kier molecular flexibility index (Phi) is 9.83. The van der Waals surface area contributed by atoms with Crippen LogP contribution in [0.15, 0.2) is 48.8 Å². The highest BCUT2D eigenvalue weighted by atomic mass is 35.5. The number of methoxy groups -OCH3 is 1. The topological polar surface area (TPSA) is 97.8 Å². The molecule has 1 amide bonds. The Morgan fingerprint density at radius 2 is 2.18 bits per heavy atom. The zero-order valence-electron chi connectivity index (χ0n) is 21.4. The van der Waals surface area contributed by atoms with Crippen molar-refractivity contribution in [2.75, 3.05) is 57.7 Å². The summed E-state index contributed by atoms with van der Waals surface area (Å²) in [5.74, 6) is 0.125. The van der Waals surface area contributed by atoms with Gasteiger partial charge in [0.2, 0.25) is 5.91 Å². The van der Waals surface area contributed by atoms with Crippen LogP contribution in [0.25, 0.3) is 10.9 Å². The van der Waals surface area contributed by atoms with Crippen LogP contribution in [0.1, 0.15) is 12.8 Å². The maximum Gasteiger partial charge on any atom is 0.248 e. The number of anilines is 3. The maximum absolute atomic E-state index is 13.6. The van der Waals surface area contributed by atoms with Gasteiger partial charge in [0.1, 0.15) is 30.3 Å². The van der Waals surface area contributed by atoms with Gasteiger partial charge in [-0.3, -0.25) is 4.79 Å². The van der Waals surface area contributed by atoms with Gasteiger partial charge in [0.25, 0.3) is 0 Å². The van der Waals surface area contributed by atoms with E-state index in [1.54, 1.807) is 31.4 Å². The molecule has 0 bridgehead atoms. The molecule has 2 heterocycles. The van der Waals surface area contributed by atoms with Crippen molar-refractivity contribution >= 4 is 45.6 Å². The average Bonchev–Trinajstić information content (AvgIpc) is 3.42. The van der Waals surface area contributed by atoms with Crippen molar-refractivity contribution in [3.8, 4) is 5.75 Å². The van der Waals surface area contributed by atoms with Gasteiger partial charge in [0.15, 0.2) is 0 Å². The van der Waals surface area contributed by atoms with Crippen molar-refractivity contribution in [3.05, 3.63) is 59.7 Å². The number of aromatic nitrogens is 2. The summed E-state index contributed by atoms with van der Waals surface area (Å²) < 4.78 is 30.5. The van der Waals surface area contributed by atoms with Gasteiger partial charge in [0, 0.05) is 50.0 Å². The number of rotatable bonds is 12. The lowest BCUT2D eigenvalue weighted by Gasteiger charge is -2.17. The van der Waals surface area contributed by atoms with Gasteiger partial charge in [-0.15, -0.1) is 0 Å². The van der Waals surface area contributed by atoms with Gasteiger partial charge in [-0.05, 0) is 44.2 Å². The number of fused-ring (bicyclic) bond motifs is 1. The number of ether oxygens (including phenoxy) is 3. The van der Waals surface area contributed by atoms with Crippen LogP contribution in [0, 0.1) is 5.82 Å². The largest absolute Gasteiger partial charge is 0.489 e. The van der Waals surface area contributed by atoms with E-state index in [0.717, 1.165) is 19.4 Å². The van der Waals surface area contributed by atoms with Crippen molar-refractivity contribution in [1.82, 2.24) is 14.9 Å². The summed E-state index contributed by atoms with van der Waals surface area (Å²) in [6.07, 6.45) is 6.61. The van der Waals surface area contributed by atoms with Gasteiger partial charge < -0.3 is 29.7 Å². The summed E-state index contributed by atoms with van der Waals surface area (Å²) in [5, 5.41) is 6.69. The monoisotopic (exact) mass is 543 g/mol. The van der Waals surface area contributed by atoms with Crippen LogP contribution in [-0.2, 0) is 14.3 Å². The molecule has 0 saturated carbocycles. The first kappa shape index (κ1) is 27.7. The third-order valence-electron chi connectivity index (χ3n) is 5.99. The molecule has 38 heavy (non-hydrogen) atoms. The van der Waals surface area contributed by atoms with Crippen LogP contribution in [0.4, 0.5) is 21.6 Å². The van der Waals surface area contributed by atoms with Crippen LogP contribution in [0.2, 0.25) is 5.02 Å². The number of halogens is 2. The van der Waals surface area contributed by atoms with Crippen LogP contribution in [0.5, 0.6) is 5.75 Å². The number of hydrogen-bond donors (Lipinski definition) is 2. The van der Waals surface area contributed by atoms with Gasteiger partial charge in [0.05, 0.1) is 28.9 Å². The summed E-state index contributed by atoms with van der Waals surface area (Å²) in [5.41, 5.74) is 1.63. The molecule has 1 saturated heterocycles. The van der Waals surface area contributed by atoms with Crippen LogP contribution in [-0.4, -0.2) is 73.9 Å². The molecule has 2 aromatic carbocycles. The Labute approximate surface area is 225 Å². The van der Waals surface area contributed by atoms with Crippen LogP contribution < -0.4 is 15.4 Å². The summed E-state index contributed by atoms with van der Waals surface area (Å²) in [6, 6.07) is 7.82. The van der Waals surface area contributed by atoms with Gasteiger partial charge in [-0.25, -0.2) is 14.4 Å². The highest BCUT2D eigenvalue weighted by Gasteiger charge is 2.19. The Morgan fingerprint density at radius 3 is 2.95 bits per heavy atom. The zero-order chi connectivity index (χ0) is 26.9. The van der Waals surface area contributed by atoms with Gasteiger partial charge in [-0.2, -0.15) is 0 Å². The summed E-state index contributed by atoms with van der Waals surface area (Å²) in [4.78, 5) is 23.5. The fourth-order valence-electron chi connectivity index (χ4n) is 3.92. The molecule has 2 N–H and O–H groups in total. The first-order valence-corrected chi connectivity index (χ1v) is 12.7. The van der Waals surface area contributed by atoms with E-state index < -0.39 is 5.82 Å². The number of hydrogen-bond acceptors (Lipinski definition) is 8. The predicted molar refractivity (Wildman–Crippen MR) is 146 cm³/mol. The lowest BCUT2D eigenvalue weighted by Crippen LogP contribution is -2.23. The minimum absolute atomic E-state index is 0.00244. The standard InChI is InChI=1S/C27H31ClFN5O4/c1-34(10-12-36-2)9-3-6-26(35)33-24-14-20-23(15-25(24)38-16-19-5-4-11-37-19)30-17-31-27(20)32-18-7-8-22(29)21(28)13-18/h3,6-8,13-15,17,19H,4-5,9-12,16H2,1-2H3,(H,33,35)(H,30,31,32). The summed E-state index contributed by atoms with van der Waals surface area (Å²) >= 11 is 5.94. The molecule has 1 fully saturated rings. The number of carbonyl (C=O) groups excluding carboxylic acids is 1. The molecule has 1 aliphatic heterocycles. The second-order valence-electron chi connectivity index (χ2n) is 8.93. The molecule has 4 rings (SSSR count). The van der Waals surface area contributed by atoms with E-state index in [2.05, 4.69) is 20.6 Å². The molecule has 202 valence electrons. The van der Waals surface area contributed by atoms with E-state index in [1.807, 2.05) is 11.9 Å². The molecule has 1 aromatic heterocycles. The molecule has 0 aliphatic carbocycles. The third-order valence-corrected chi connectivity index (χ3v) is 6.28. The number of nitrogens with zero attached hydrogens (tertiary/aromatic N) is 3. The minimum atomic E-state index is -0.513. The zero-order valence-corrected chi connectivity index (χ0v) is 22.1. The lowest BCUT2D eigenvalue weighted by atomic mass is 10.1. The van der Waals surface area contributed by atoms with Crippen LogP contribution >= 0.6 is 11.6 Å². The van der Waals surface area contributed by atoms with E-state index in [1.165, 1.54) is 24.5 Å². The van der Waals surface area contributed by atoms with Gasteiger partial charge >= 0.3 is 0 Å². The maximum atomic E-state index is 13.6. The number of benzene rings is 2. The molecule has 1 unspecified atom stereocenters. The Bertz CT molecular complexity index is 1290. The average molecular weight is 544 g/mol. The Balaban J connectivity index is 1.58. The van der Waals surface area contributed by atoms with E-state index in [-0.39, 0.29) is 17.0 Å². The molecule has 3 aromatic rings. The Morgan fingerprint density at radius 1 is 1.32 bits per heavy atom. The SMILES string of the molecule is COCCN(C)CC=CC(=O)Nc1cc2c(Nc3ccc(F)c(Cl)c3)ncnc2cc1OCC1CCCO1. The molecular formula is C27H31ClFN5O4. The van der Waals surface area contributed by atoms with E-state index in [9.17, 15) is 9.18 Å². The third kappa shape index (κ3) is 7.61. The highest BCUT2D eigenvalue weighted by molar-refractivity contribution is 6.31. The molecule has 1 aliphatic rings.